The molecule has 0 bridgehead atoms. The SMILES string of the molecule is CC1CCCN1CCc1cc2cccc(-c3cnc(-c4ccccc4)o3)c2o1. The summed E-state index contributed by atoms with van der Waals surface area (Å²) in [7, 11) is 0. The minimum absolute atomic E-state index is 0.627. The van der Waals surface area contributed by atoms with E-state index in [1.807, 2.05) is 42.5 Å². The Kier molecular flexibility index (Phi) is 4.49. The minimum Gasteiger partial charge on any atom is -0.460 e. The van der Waals surface area contributed by atoms with Gasteiger partial charge in [0.2, 0.25) is 5.89 Å². The fraction of sp³-hybridized carbons (Fsp3) is 0.292. The van der Waals surface area contributed by atoms with E-state index in [4.69, 9.17) is 8.83 Å². The summed E-state index contributed by atoms with van der Waals surface area (Å²) in [6, 6.07) is 19.0. The van der Waals surface area contributed by atoms with Gasteiger partial charge in [-0.15, -0.1) is 0 Å². The first-order chi connectivity index (χ1) is 13.8. The van der Waals surface area contributed by atoms with Gasteiger partial charge in [-0.3, -0.25) is 0 Å². The zero-order valence-electron chi connectivity index (χ0n) is 16.1. The van der Waals surface area contributed by atoms with E-state index in [9.17, 15) is 0 Å². The molecule has 1 saturated heterocycles. The molecule has 0 spiro atoms. The van der Waals surface area contributed by atoms with E-state index >= 15 is 0 Å². The number of rotatable bonds is 5. The number of aromatic nitrogens is 1. The number of furan rings is 1. The number of likely N-dealkylation sites (tertiary alicyclic amines) is 1. The molecule has 0 aliphatic carbocycles. The van der Waals surface area contributed by atoms with Crippen LogP contribution in [0.25, 0.3) is 33.7 Å². The minimum atomic E-state index is 0.627. The molecule has 1 aliphatic heterocycles. The van der Waals surface area contributed by atoms with Crippen molar-refractivity contribution < 1.29 is 8.83 Å². The molecule has 142 valence electrons. The molecule has 2 aromatic heterocycles. The largest absolute Gasteiger partial charge is 0.460 e. The van der Waals surface area contributed by atoms with Crippen molar-refractivity contribution in [2.45, 2.75) is 32.2 Å². The Bertz CT molecular complexity index is 1080. The van der Waals surface area contributed by atoms with Gasteiger partial charge in [-0.2, -0.15) is 0 Å². The summed E-state index contributed by atoms with van der Waals surface area (Å²) in [6.07, 6.45) is 5.33. The van der Waals surface area contributed by atoms with Crippen LogP contribution in [-0.4, -0.2) is 29.0 Å². The molecule has 0 saturated carbocycles. The highest BCUT2D eigenvalue weighted by atomic mass is 16.4. The Hall–Kier alpha value is -2.85. The van der Waals surface area contributed by atoms with Gasteiger partial charge in [-0.1, -0.05) is 30.3 Å². The molecule has 0 radical (unpaired) electrons. The van der Waals surface area contributed by atoms with Crippen LogP contribution in [0.3, 0.4) is 0 Å². The van der Waals surface area contributed by atoms with Crippen molar-refractivity contribution in [1.82, 2.24) is 9.88 Å². The molecule has 1 unspecified atom stereocenters. The fourth-order valence-electron chi connectivity index (χ4n) is 4.13. The van der Waals surface area contributed by atoms with Crippen LogP contribution in [0, 0.1) is 0 Å². The second kappa shape index (κ2) is 7.28. The molecule has 2 aromatic carbocycles. The van der Waals surface area contributed by atoms with Crippen molar-refractivity contribution in [2.24, 2.45) is 0 Å². The zero-order chi connectivity index (χ0) is 18.9. The van der Waals surface area contributed by atoms with Crippen molar-refractivity contribution in [3.63, 3.8) is 0 Å². The summed E-state index contributed by atoms with van der Waals surface area (Å²) in [6.45, 7) is 4.57. The van der Waals surface area contributed by atoms with E-state index in [0.29, 0.717) is 11.9 Å². The fourth-order valence-corrected chi connectivity index (χ4v) is 4.13. The number of benzene rings is 2. The number of nitrogens with zero attached hydrogens (tertiary/aromatic N) is 2. The number of oxazole rings is 1. The van der Waals surface area contributed by atoms with Crippen molar-refractivity contribution >= 4 is 11.0 Å². The average Bonchev–Trinajstić information content (AvgIpc) is 3.46. The van der Waals surface area contributed by atoms with Gasteiger partial charge >= 0.3 is 0 Å². The van der Waals surface area contributed by atoms with E-state index in [1.54, 1.807) is 6.20 Å². The maximum atomic E-state index is 6.25. The molecule has 4 heteroatoms. The highest BCUT2D eigenvalue weighted by molar-refractivity contribution is 5.91. The van der Waals surface area contributed by atoms with Gasteiger partial charge < -0.3 is 13.7 Å². The molecule has 28 heavy (non-hydrogen) atoms. The predicted octanol–water partition coefficient (Wildman–Crippen LogP) is 5.78. The summed E-state index contributed by atoms with van der Waals surface area (Å²) in [4.78, 5) is 7.01. The smallest absolute Gasteiger partial charge is 0.226 e. The van der Waals surface area contributed by atoms with Crippen LogP contribution >= 0.6 is 0 Å². The second-order valence-corrected chi connectivity index (χ2v) is 7.61. The quantitative estimate of drug-likeness (QED) is 0.445. The summed E-state index contributed by atoms with van der Waals surface area (Å²) in [5.74, 6) is 2.39. The molecule has 1 atom stereocenters. The van der Waals surface area contributed by atoms with Gasteiger partial charge in [-0.25, -0.2) is 4.98 Å². The molecule has 5 rings (SSSR count). The molecule has 0 amide bonds. The average molecular weight is 372 g/mol. The topological polar surface area (TPSA) is 42.4 Å². The van der Waals surface area contributed by atoms with Crippen LogP contribution in [-0.2, 0) is 6.42 Å². The lowest BCUT2D eigenvalue weighted by Gasteiger charge is -2.19. The molecule has 1 fully saturated rings. The van der Waals surface area contributed by atoms with Crippen LogP contribution in [0.2, 0.25) is 0 Å². The van der Waals surface area contributed by atoms with E-state index in [1.165, 1.54) is 19.4 Å². The van der Waals surface area contributed by atoms with E-state index < -0.39 is 0 Å². The lowest BCUT2D eigenvalue weighted by Crippen LogP contribution is -2.28. The first kappa shape index (κ1) is 17.3. The highest BCUT2D eigenvalue weighted by Gasteiger charge is 2.20. The molecule has 4 nitrogen and oxygen atoms in total. The first-order valence-electron chi connectivity index (χ1n) is 10.0. The summed E-state index contributed by atoms with van der Waals surface area (Å²) in [5.41, 5.74) is 2.80. The third kappa shape index (κ3) is 3.25. The van der Waals surface area contributed by atoms with Crippen molar-refractivity contribution in [3.05, 3.63) is 66.6 Å². The van der Waals surface area contributed by atoms with Gasteiger partial charge in [0, 0.05) is 30.0 Å². The molecule has 0 N–H and O–H groups in total. The third-order valence-electron chi connectivity index (χ3n) is 5.72. The van der Waals surface area contributed by atoms with Crippen LogP contribution in [0.4, 0.5) is 0 Å². The normalized spacial score (nSPS) is 17.5. The summed E-state index contributed by atoms with van der Waals surface area (Å²) in [5, 5.41) is 1.11. The van der Waals surface area contributed by atoms with Gasteiger partial charge in [0.15, 0.2) is 5.76 Å². The standard InChI is InChI=1S/C24H24N2O2/c1-17-7-6-13-26(17)14-12-20-15-19-10-5-11-21(23(19)27-20)22-16-25-24(28-22)18-8-3-2-4-9-18/h2-5,8-11,15-17H,6-7,12-14H2,1H3. The van der Waals surface area contributed by atoms with Gasteiger partial charge in [0.1, 0.15) is 11.3 Å². The molecule has 1 aliphatic rings. The van der Waals surface area contributed by atoms with E-state index in [-0.39, 0.29) is 0 Å². The van der Waals surface area contributed by atoms with Crippen LogP contribution < -0.4 is 0 Å². The summed E-state index contributed by atoms with van der Waals surface area (Å²) >= 11 is 0. The Balaban J connectivity index is 1.42. The Morgan fingerprint density at radius 3 is 2.79 bits per heavy atom. The zero-order valence-corrected chi connectivity index (χ0v) is 16.1. The number of para-hydroxylation sites is 1. The maximum absolute atomic E-state index is 6.25. The van der Waals surface area contributed by atoms with Crippen molar-refractivity contribution in [3.8, 4) is 22.8 Å². The summed E-state index contributed by atoms with van der Waals surface area (Å²) < 4.78 is 12.3. The van der Waals surface area contributed by atoms with Crippen LogP contribution in [0.5, 0.6) is 0 Å². The molecule has 3 heterocycles. The lowest BCUT2D eigenvalue weighted by molar-refractivity contribution is 0.266. The number of hydrogen-bond acceptors (Lipinski definition) is 4. The van der Waals surface area contributed by atoms with Crippen molar-refractivity contribution in [2.75, 3.05) is 13.1 Å². The molecular weight excluding hydrogens is 348 g/mol. The Labute approximate surface area is 164 Å². The predicted molar refractivity (Wildman–Crippen MR) is 111 cm³/mol. The molecule has 4 aromatic rings. The lowest BCUT2D eigenvalue weighted by atomic mass is 10.1. The maximum Gasteiger partial charge on any atom is 0.226 e. The monoisotopic (exact) mass is 372 g/mol. The number of hydrogen-bond donors (Lipinski definition) is 0. The van der Waals surface area contributed by atoms with Crippen LogP contribution in [0.15, 0.2) is 69.6 Å². The first-order valence-corrected chi connectivity index (χ1v) is 10.0. The third-order valence-corrected chi connectivity index (χ3v) is 5.72. The van der Waals surface area contributed by atoms with Gasteiger partial charge in [0.05, 0.1) is 11.8 Å². The van der Waals surface area contributed by atoms with E-state index in [2.05, 4.69) is 28.9 Å². The van der Waals surface area contributed by atoms with Crippen LogP contribution in [0.1, 0.15) is 25.5 Å². The van der Waals surface area contributed by atoms with E-state index in [0.717, 1.165) is 46.6 Å². The van der Waals surface area contributed by atoms with Gasteiger partial charge in [0.25, 0.3) is 0 Å². The van der Waals surface area contributed by atoms with Gasteiger partial charge in [-0.05, 0) is 50.6 Å². The molecular formula is C24H24N2O2. The van der Waals surface area contributed by atoms with Crippen molar-refractivity contribution in [1.29, 1.82) is 0 Å². The number of fused-ring (bicyclic) bond motifs is 1. The Morgan fingerprint density at radius 1 is 1.07 bits per heavy atom. The highest BCUT2D eigenvalue weighted by Crippen LogP contribution is 2.33. The Morgan fingerprint density at radius 2 is 1.96 bits per heavy atom. The second-order valence-electron chi connectivity index (χ2n) is 7.61.